The van der Waals surface area contributed by atoms with Crippen LogP contribution in [0.25, 0.3) is 0 Å². The Morgan fingerprint density at radius 2 is 1.61 bits per heavy atom. The van der Waals surface area contributed by atoms with E-state index in [1.54, 1.807) is 0 Å². The Labute approximate surface area is 172 Å². The first-order valence-electron chi connectivity index (χ1n) is 10.6. The zero-order valence-electron chi connectivity index (χ0n) is 16.5. The number of piperidine rings is 1. The molecule has 0 aliphatic carbocycles. The Morgan fingerprint density at radius 3 is 2.29 bits per heavy atom. The monoisotopic (exact) mass is 403 g/mol. The van der Waals surface area contributed by atoms with Gasteiger partial charge in [-0.2, -0.15) is 0 Å². The van der Waals surface area contributed by atoms with E-state index < -0.39 is 0 Å². The van der Waals surface area contributed by atoms with Crippen molar-refractivity contribution in [3.8, 4) is 0 Å². The summed E-state index contributed by atoms with van der Waals surface area (Å²) in [6, 6.07) is 7.73. The third-order valence-corrected chi connectivity index (χ3v) is 7.00. The molecule has 4 rings (SSSR count). The highest BCUT2D eigenvalue weighted by atomic mass is 35.5. The maximum absolute atomic E-state index is 12.8. The predicted octanol–water partition coefficient (Wildman–Crippen LogP) is 2.96. The molecule has 0 radical (unpaired) electrons. The number of likely N-dealkylation sites (tertiary alicyclic amines) is 3. The minimum absolute atomic E-state index is 0.0313. The van der Waals surface area contributed by atoms with E-state index in [-0.39, 0.29) is 17.4 Å². The van der Waals surface area contributed by atoms with Crippen LogP contribution in [0.15, 0.2) is 24.3 Å². The predicted molar refractivity (Wildman–Crippen MR) is 110 cm³/mol. The second kappa shape index (κ2) is 8.42. The van der Waals surface area contributed by atoms with E-state index in [0.717, 1.165) is 81.8 Å². The van der Waals surface area contributed by atoms with E-state index in [2.05, 4.69) is 4.90 Å². The van der Waals surface area contributed by atoms with Crippen molar-refractivity contribution >= 4 is 23.4 Å². The van der Waals surface area contributed by atoms with Crippen molar-refractivity contribution in [2.24, 2.45) is 0 Å². The van der Waals surface area contributed by atoms with Gasteiger partial charge in [-0.25, -0.2) is 0 Å². The van der Waals surface area contributed by atoms with Gasteiger partial charge in [-0.15, -0.1) is 0 Å². The molecule has 1 aromatic rings. The molecule has 3 fully saturated rings. The Hall–Kier alpha value is -1.59. The summed E-state index contributed by atoms with van der Waals surface area (Å²) in [6.45, 7) is 4.94. The molecule has 1 atom stereocenters. The van der Waals surface area contributed by atoms with Crippen LogP contribution in [0.5, 0.6) is 0 Å². The summed E-state index contributed by atoms with van der Waals surface area (Å²) in [5, 5.41) is 0.724. The fourth-order valence-corrected chi connectivity index (χ4v) is 5.04. The fourth-order valence-electron chi connectivity index (χ4n) is 4.91. The van der Waals surface area contributed by atoms with Gasteiger partial charge in [0, 0.05) is 49.7 Å². The van der Waals surface area contributed by atoms with Gasteiger partial charge in [-0.3, -0.25) is 14.5 Å². The van der Waals surface area contributed by atoms with E-state index in [4.69, 9.17) is 11.6 Å². The first-order chi connectivity index (χ1) is 13.6. The lowest BCUT2D eigenvalue weighted by Gasteiger charge is -2.57. The average Bonchev–Trinajstić information content (AvgIpc) is 3.25. The molecule has 1 spiro atoms. The molecule has 3 aliphatic rings. The number of aryl methyl sites for hydroxylation is 1. The van der Waals surface area contributed by atoms with Crippen molar-refractivity contribution in [1.82, 2.24) is 14.7 Å². The minimum Gasteiger partial charge on any atom is -0.342 e. The maximum atomic E-state index is 12.8. The molecule has 0 saturated carbocycles. The Kier molecular flexibility index (Phi) is 5.93. The van der Waals surface area contributed by atoms with E-state index in [1.807, 2.05) is 34.1 Å². The van der Waals surface area contributed by atoms with Crippen LogP contribution in [-0.2, 0) is 16.0 Å². The highest BCUT2D eigenvalue weighted by Gasteiger charge is 2.48. The van der Waals surface area contributed by atoms with Gasteiger partial charge in [-0.05, 0) is 56.2 Å². The third kappa shape index (κ3) is 4.20. The number of carbonyl (C=O) groups is 2. The van der Waals surface area contributed by atoms with E-state index in [9.17, 15) is 9.59 Å². The summed E-state index contributed by atoms with van der Waals surface area (Å²) in [5.74, 6) is 0.495. The maximum Gasteiger partial charge on any atom is 0.236 e. The van der Waals surface area contributed by atoms with E-state index in [0.29, 0.717) is 13.0 Å². The number of halogens is 1. The zero-order valence-corrected chi connectivity index (χ0v) is 17.3. The Morgan fingerprint density at radius 1 is 0.893 bits per heavy atom. The Balaban J connectivity index is 1.31. The molecular weight excluding hydrogens is 374 g/mol. The lowest BCUT2D eigenvalue weighted by Crippen LogP contribution is -2.68. The van der Waals surface area contributed by atoms with Crippen molar-refractivity contribution in [2.75, 3.05) is 39.3 Å². The molecule has 5 nitrogen and oxygen atoms in total. The van der Waals surface area contributed by atoms with Gasteiger partial charge >= 0.3 is 0 Å². The first kappa shape index (κ1) is 19.7. The van der Waals surface area contributed by atoms with Crippen LogP contribution in [0.4, 0.5) is 0 Å². The van der Waals surface area contributed by atoms with Gasteiger partial charge in [0.15, 0.2) is 0 Å². The Bertz CT molecular complexity index is 717. The summed E-state index contributed by atoms with van der Waals surface area (Å²) < 4.78 is 0. The lowest BCUT2D eigenvalue weighted by atomic mass is 9.77. The van der Waals surface area contributed by atoms with Gasteiger partial charge in [0.1, 0.15) is 0 Å². The number of benzene rings is 1. The van der Waals surface area contributed by atoms with Crippen molar-refractivity contribution in [1.29, 1.82) is 0 Å². The highest BCUT2D eigenvalue weighted by molar-refractivity contribution is 6.30. The molecule has 3 saturated heterocycles. The molecule has 0 unspecified atom stereocenters. The molecule has 1 aromatic carbocycles. The van der Waals surface area contributed by atoms with E-state index in [1.165, 1.54) is 0 Å². The smallest absolute Gasteiger partial charge is 0.236 e. The van der Waals surface area contributed by atoms with Crippen LogP contribution < -0.4 is 0 Å². The molecule has 28 heavy (non-hydrogen) atoms. The largest absolute Gasteiger partial charge is 0.342 e. The third-order valence-electron chi connectivity index (χ3n) is 6.75. The van der Waals surface area contributed by atoms with Crippen LogP contribution in [-0.4, -0.2) is 71.3 Å². The van der Waals surface area contributed by atoms with Crippen molar-refractivity contribution in [3.63, 3.8) is 0 Å². The molecule has 0 aromatic heterocycles. The number of rotatable bonds is 5. The fraction of sp³-hybridized carbons (Fsp3) is 0.636. The summed E-state index contributed by atoms with van der Waals surface area (Å²) in [7, 11) is 0. The molecule has 0 bridgehead atoms. The number of amides is 2. The van der Waals surface area contributed by atoms with Gasteiger partial charge < -0.3 is 9.80 Å². The number of hydrogen-bond donors (Lipinski definition) is 0. The van der Waals surface area contributed by atoms with Gasteiger partial charge in [0.25, 0.3) is 0 Å². The summed E-state index contributed by atoms with van der Waals surface area (Å²) in [4.78, 5) is 31.8. The van der Waals surface area contributed by atoms with Crippen molar-refractivity contribution in [2.45, 2.75) is 50.5 Å². The highest BCUT2D eigenvalue weighted by Crippen LogP contribution is 2.38. The SMILES string of the molecule is O=C(CN1CC[C@@]12CCCN(C(=O)CCc1ccc(Cl)cc1)C2)N1CCCC1. The summed E-state index contributed by atoms with van der Waals surface area (Å²) >= 11 is 5.93. The van der Waals surface area contributed by atoms with Crippen LogP contribution in [0.3, 0.4) is 0 Å². The zero-order chi connectivity index (χ0) is 19.6. The molecule has 152 valence electrons. The standard InChI is InChI=1S/C22H30ClN3O2/c23-19-7-4-18(5-8-19)6-9-20(27)25-14-3-10-22(17-25)11-15-26(22)16-21(28)24-12-1-2-13-24/h4-5,7-8H,1-3,6,9-17H2/t22-/m1/s1. The molecule has 0 N–H and O–H groups in total. The quantitative estimate of drug-likeness (QED) is 0.759. The topological polar surface area (TPSA) is 43.9 Å². The minimum atomic E-state index is 0.0313. The van der Waals surface area contributed by atoms with Crippen LogP contribution in [0.1, 0.15) is 44.1 Å². The van der Waals surface area contributed by atoms with Crippen molar-refractivity contribution < 1.29 is 9.59 Å². The van der Waals surface area contributed by atoms with Crippen LogP contribution in [0, 0.1) is 0 Å². The average molecular weight is 404 g/mol. The molecule has 3 aliphatic heterocycles. The summed E-state index contributed by atoms with van der Waals surface area (Å²) in [5.41, 5.74) is 1.18. The number of nitrogens with zero attached hydrogens (tertiary/aromatic N) is 3. The number of hydrogen-bond acceptors (Lipinski definition) is 3. The second-order valence-electron chi connectivity index (χ2n) is 8.53. The molecular formula is C22H30ClN3O2. The lowest BCUT2D eigenvalue weighted by molar-refractivity contribution is -0.145. The van der Waals surface area contributed by atoms with E-state index >= 15 is 0 Å². The number of carbonyl (C=O) groups excluding carboxylic acids is 2. The van der Waals surface area contributed by atoms with Gasteiger partial charge in [0.2, 0.25) is 11.8 Å². The molecule has 6 heteroatoms. The van der Waals surface area contributed by atoms with Crippen LogP contribution >= 0.6 is 11.6 Å². The normalized spacial score (nSPS) is 25.2. The van der Waals surface area contributed by atoms with Crippen LogP contribution in [0.2, 0.25) is 5.02 Å². The molecule has 2 amide bonds. The van der Waals surface area contributed by atoms with Crippen molar-refractivity contribution in [3.05, 3.63) is 34.9 Å². The first-order valence-corrected chi connectivity index (χ1v) is 11.0. The molecule has 3 heterocycles. The van der Waals surface area contributed by atoms with Gasteiger partial charge in [-0.1, -0.05) is 23.7 Å². The second-order valence-corrected chi connectivity index (χ2v) is 8.97. The summed E-state index contributed by atoms with van der Waals surface area (Å²) in [6.07, 6.45) is 6.77. The van der Waals surface area contributed by atoms with Gasteiger partial charge in [0.05, 0.1) is 6.54 Å².